The fraction of sp³-hybridized carbons (Fsp3) is 0.571. The quantitative estimate of drug-likeness (QED) is 0.683. The van der Waals surface area contributed by atoms with Gasteiger partial charge in [0.1, 0.15) is 11.3 Å². The summed E-state index contributed by atoms with van der Waals surface area (Å²) < 4.78 is 11.2. The van der Waals surface area contributed by atoms with Gasteiger partial charge in [0.2, 0.25) is 5.89 Å². The molecule has 0 aliphatic heterocycles. The van der Waals surface area contributed by atoms with E-state index in [0.29, 0.717) is 34.9 Å². The van der Waals surface area contributed by atoms with E-state index in [2.05, 4.69) is 21.5 Å². The first kappa shape index (κ1) is 19.3. The molecule has 6 nitrogen and oxygen atoms in total. The molecular formula is C21H27N3O3S. The van der Waals surface area contributed by atoms with Crippen molar-refractivity contribution in [1.82, 2.24) is 15.5 Å². The first-order valence-electron chi connectivity index (χ1n) is 9.87. The second kappa shape index (κ2) is 7.78. The van der Waals surface area contributed by atoms with Gasteiger partial charge in [0, 0.05) is 18.2 Å². The van der Waals surface area contributed by atoms with E-state index >= 15 is 0 Å². The molecule has 1 amide bonds. The Labute approximate surface area is 169 Å². The number of hydrogen-bond donors (Lipinski definition) is 1. The van der Waals surface area contributed by atoms with Crippen LogP contribution in [0.4, 0.5) is 0 Å². The van der Waals surface area contributed by atoms with Crippen molar-refractivity contribution in [3.05, 3.63) is 41.0 Å². The maximum Gasteiger partial charge on any atom is 0.252 e. The Morgan fingerprint density at radius 1 is 1.36 bits per heavy atom. The fourth-order valence-electron chi connectivity index (χ4n) is 3.32. The van der Waals surface area contributed by atoms with Crippen LogP contribution in [-0.2, 0) is 5.54 Å². The van der Waals surface area contributed by atoms with Gasteiger partial charge in [-0.3, -0.25) is 4.79 Å². The molecule has 1 heterocycles. The molecule has 0 spiro atoms. The van der Waals surface area contributed by atoms with Crippen molar-refractivity contribution in [3.63, 3.8) is 0 Å². The number of nitrogens with one attached hydrogen (secondary N) is 1. The number of benzene rings is 1. The summed E-state index contributed by atoms with van der Waals surface area (Å²) in [6.45, 7) is 4.42. The number of ether oxygens (including phenoxy) is 1. The van der Waals surface area contributed by atoms with Crippen LogP contribution in [0.3, 0.4) is 0 Å². The van der Waals surface area contributed by atoms with Crippen molar-refractivity contribution in [2.75, 3.05) is 18.6 Å². The second-order valence-corrected chi connectivity index (χ2v) is 9.00. The molecule has 2 saturated carbocycles. The number of carbonyl (C=O) groups is 1. The van der Waals surface area contributed by atoms with Gasteiger partial charge in [-0.25, -0.2) is 0 Å². The number of thioether (sulfide) groups is 1. The molecule has 7 heteroatoms. The van der Waals surface area contributed by atoms with Crippen molar-refractivity contribution < 1.29 is 14.1 Å². The molecule has 4 rings (SSSR count). The summed E-state index contributed by atoms with van der Waals surface area (Å²) >= 11 is 1.62. The molecule has 0 bridgehead atoms. The van der Waals surface area contributed by atoms with Crippen molar-refractivity contribution in [3.8, 4) is 5.75 Å². The maximum atomic E-state index is 13.1. The number of aryl methyl sites for hydroxylation is 1. The average Bonchev–Trinajstić information content (AvgIpc) is 3.59. The van der Waals surface area contributed by atoms with Crippen LogP contribution < -0.4 is 10.1 Å². The Bertz CT molecular complexity index is 860. The van der Waals surface area contributed by atoms with E-state index < -0.39 is 5.54 Å². The first-order chi connectivity index (χ1) is 13.5. The molecule has 1 atom stereocenters. The molecule has 2 aliphatic carbocycles. The van der Waals surface area contributed by atoms with Crippen LogP contribution in [0.15, 0.2) is 22.7 Å². The number of aromatic nitrogens is 2. The number of carbonyl (C=O) groups excluding carboxylic acids is 1. The predicted molar refractivity (Wildman–Crippen MR) is 109 cm³/mol. The Hall–Kier alpha value is -2.02. The molecule has 150 valence electrons. The summed E-state index contributed by atoms with van der Waals surface area (Å²) in [5.74, 6) is 3.59. The molecular weight excluding hydrogens is 374 g/mol. The second-order valence-electron chi connectivity index (χ2n) is 8.14. The highest BCUT2D eigenvalue weighted by Gasteiger charge is 2.34. The summed E-state index contributed by atoms with van der Waals surface area (Å²) in [4.78, 5) is 17.4. The van der Waals surface area contributed by atoms with Crippen LogP contribution in [0.1, 0.15) is 66.2 Å². The lowest BCUT2D eigenvalue weighted by atomic mass is 10.0. The normalized spacial score (nSPS) is 18.5. The summed E-state index contributed by atoms with van der Waals surface area (Å²) in [6, 6.07) is 5.85. The highest BCUT2D eigenvalue weighted by atomic mass is 32.2. The number of rotatable bonds is 9. The third kappa shape index (κ3) is 4.35. The van der Waals surface area contributed by atoms with E-state index in [1.54, 1.807) is 18.7 Å². The van der Waals surface area contributed by atoms with Crippen molar-refractivity contribution in [1.29, 1.82) is 0 Å². The minimum absolute atomic E-state index is 0.155. The summed E-state index contributed by atoms with van der Waals surface area (Å²) in [5.41, 5.74) is 1.12. The number of amides is 1. The highest BCUT2D eigenvalue weighted by Crippen LogP contribution is 2.45. The van der Waals surface area contributed by atoms with Crippen LogP contribution in [0.2, 0.25) is 0 Å². The Morgan fingerprint density at radius 2 is 2.14 bits per heavy atom. The molecule has 2 aromatic rings. The minimum Gasteiger partial charge on any atom is -0.493 e. The standard InChI is InChI=1S/C21H27N3O3S/c1-13-22-20(24-27-13)21(2,12-28-3)23-19(25)16-8-9-17(15-6-7-15)18(10-16)26-11-14-4-5-14/h8-10,14-15H,4-7,11-12H2,1-3H3,(H,23,25)/t21-/m1/s1. The lowest BCUT2D eigenvalue weighted by molar-refractivity contribution is 0.0908. The largest absolute Gasteiger partial charge is 0.493 e. The third-order valence-electron chi connectivity index (χ3n) is 5.31. The SMILES string of the molecule is CSC[C@@](C)(NC(=O)c1ccc(C2CC2)c(OCC2CC2)c1)c1noc(C)n1. The van der Waals surface area contributed by atoms with Gasteiger partial charge in [-0.05, 0) is 68.4 Å². The lowest BCUT2D eigenvalue weighted by Gasteiger charge is -2.27. The molecule has 28 heavy (non-hydrogen) atoms. The maximum absolute atomic E-state index is 13.1. The smallest absolute Gasteiger partial charge is 0.252 e. The monoisotopic (exact) mass is 401 g/mol. The molecule has 2 fully saturated rings. The van der Waals surface area contributed by atoms with E-state index in [1.165, 1.54) is 31.2 Å². The van der Waals surface area contributed by atoms with Gasteiger partial charge >= 0.3 is 0 Å². The number of hydrogen-bond acceptors (Lipinski definition) is 6. The van der Waals surface area contributed by atoms with Gasteiger partial charge in [-0.1, -0.05) is 11.2 Å². The summed E-state index contributed by atoms with van der Waals surface area (Å²) in [7, 11) is 0. The zero-order chi connectivity index (χ0) is 19.7. The van der Waals surface area contributed by atoms with E-state index in [1.807, 2.05) is 25.3 Å². The van der Waals surface area contributed by atoms with E-state index in [0.717, 1.165) is 12.4 Å². The van der Waals surface area contributed by atoms with E-state index in [9.17, 15) is 4.79 Å². The topological polar surface area (TPSA) is 77.2 Å². The molecule has 0 saturated heterocycles. The zero-order valence-electron chi connectivity index (χ0n) is 16.7. The van der Waals surface area contributed by atoms with Gasteiger partial charge < -0.3 is 14.6 Å². The van der Waals surface area contributed by atoms with Crippen molar-refractivity contribution in [2.45, 2.75) is 51.0 Å². The third-order valence-corrected chi connectivity index (χ3v) is 6.17. The van der Waals surface area contributed by atoms with Gasteiger partial charge in [-0.15, -0.1) is 0 Å². The zero-order valence-corrected chi connectivity index (χ0v) is 17.5. The van der Waals surface area contributed by atoms with Crippen LogP contribution in [0.5, 0.6) is 5.75 Å². The first-order valence-corrected chi connectivity index (χ1v) is 11.3. The number of nitrogens with zero attached hydrogens (tertiary/aromatic N) is 2. The van der Waals surface area contributed by atoms with Crippen LogP contribution >= 0.6 is 11.8 Å². The Morgan fingerprint density at radius 3 is 2.75 bits per heavy atom. The summed E-state index contributed by atoms with van der Waals surface area (Å²) in [5, 5.41) is 7.14. The molecule has 1 aromatic carbocycles. The van der Waals surface area contributed by atoms with Crippen LogP contribution in [0, 0.1) is 12.8 Å². The van der Waals surface area contributed by atoms with Crippen molar-refractivity contribution >= 4 is 17.7 Å². The minimum atomic E-state index is -0.710. The van der Waals surface area contributed by atoms with Crippen molar-refractivity contribution in [2.24, 2.45) is 5.92 Å². The Kier molecular flexibility index (Phi) is 5.36. The van der Waals surface area contributed by atoms with Gasteiger partial charge in [0.25, 0.3) is 5.91 Å². The average molecular weight is 402 g/mol. The summed E-state index contributed by atoms with van der Waals surface area (Å²) in [6.07, 6.45) is 6.89. The molecule has 1 N–H and O–H groups in total. The van der Waals surface area contributed by atoms with Crippen LogP contribution in [0.25, 0.3) is 0 Å². The fourth-order valence-corrected chi connectivity index (χ4v) is 4.09. The molecule has 0 unspecified atom stereocenters. The highest BCUT2D eigenvalue weighted by molar-refractivity contribution is 7.98. The van der Waals surface area contributed by atoms with E-state index in [-0.39, 0.29) is 5.91 Å². The van der Waals surface area contributed by atoms with E-state index in [4.69, 9.17) is 9.26 Å². The van der Waals surface area contributed by atoms with Gasteiger partial charge in [-0.2, -0.15) is 16.7 Å². The lowest BCUT2D eigenvalue weighted by Crippen LogP contribution is -2.46. The predicted octanol–water partition coefficient (Wildman–Crippen LogP) is 4.05. The van der Waals surface area contributed by atoms with Crippen LogP contribution in [-0.4, -0.2) is 34.7 Å². The molecule has 0 radical (unpaired) electrons. The molecule has 2 aliphatic rings. The Balaban J connectivity index is 1.54. The van der Waals surface area contributed by atoms with Gasteiger partial charge in [0.05, 0.1) is 6.61 Å². The molecule has 1 aromatic heterocycles. The van der Waals surface area contributed by atoms with Gasteiger partial charge in [0.15, 0.2) is 5.82 Å².